The molecule has 0 aliphatic carbocycles. The van der Waals surface area contributed by atoms with Crippen molar-refractivity contribution in [3.63, 3.8) is 0 Å². The molecule has 146 valence electrons. The zero-order valence-electron chi connectivity index (χ0n) is 15.5. The molecule has 1 aliphatic heterocycles. The molecule has 1 aliphatic rings. The Bertz CT molecular complexity index is 754. The molecule has 27 heavy (non-hydrogen) atoms. The van der Waals surface area contributed by atoms with Gasteiger partial charge in [0.2, 0.25) is 0 Å². The molecule has 0 aromatic heterocycles. The first-order valence-corrected chi connectivity index (χ1v) is 8.60. The first-order chi connectivity index (χ1) is 12.7. The van der Waals surface area contributed by atoms with Crippen molar-refractivity contribution in [2.24, 2.45) is 5.92 Å². The average molecular weight is 378 g/mol. The van der Waals surface area contributed by atoms with Gasteiger partial charge in [-0.3, -0.25) is 14.9 Å². The molecule has 9 heteroatoms. The molecule has 0 bridgehead atoms. The Morgan fingerprint density at radius 1 is 1.15 bits per heavy atom. The molecule has 1 aromatic carbocycles. The average Bonchev–Trinajstić information content (AvgIpc) is 2.66. The van der Waals surface area contributed by atoms with Crippen LogP contribution in [-0.4, -0.2) is 54.0 Å². The quantitative estimate of drug-likeness (QED) is 0.438. The van der Waals surface area contributed by atoms with E-state index in [-0.39, 0.29) is 17.0 Å². The van der Waals surface area contributed by atoms with Crippen molar-refractivity contribution < 1.29 is 28.8 Å². The second-order valence-electron chi connectivity index (χ2n) is 6.57. The summed E-state index contributed by atoms with van der Waals surface area (Å²) in [6.45, 7) is 4.78. The zero-order valence-corrected chi connectivity index (χ0v) is 15.5. The molecule has 0 saturated carbocycles. The van der Waals surface area contributed by atoms with Gasteiger partial charge in [-0.15, -0.1) is 0 Å². The Hall–Kier alpha value is -2.97. The highest BCUT2D eigenvalue weighted by atomic mass is 16.6. The zero-order chi connectivity index (χ0) is 20.1. The van der Waals surface area contributed by atoms with Gasteiger partial charge in [-0.25, -0.2) is 9.59 Å². The van der Waals surface area contributed by atoms with Crippen LogP contribution in [0.1, 0.15) is 47.4 Å². The topological polar surface area (TPSA) is 116 Å². The third-order valence-electron chi connectivity index (χ3n) is 4.51. The van der Waals surface area contributed by atoms with E-state index in [2.05, 4.69) is 11.7 Å². The summed E-state index contributed by atoms with van der Waals surface area (Å²) in [4.78, 5) is 48.4. The van der Waals surface area contributed by atoms with Crippen LogP contribution >= 0.6 is 0 Å². The fourth-order valence-electron chi connectivity index (χ4n) is 2.84. The summed E-state index contributed by atoms with van der Waals surface area (Å²) in [6.07, 6.45) is 0.742. The van der Waals surface area contributed by atoms with Crippen molar-refractivity contribution >= 4 is 23.5 Å². The van der Waals surface area contributed by atoms with E-state index in [0.717, 1.165) is 38.2 Å². The number of amides is 1. The van der Waals surface area contributed by atoms with Crippen LogP contribution in [0.2, 0.25) is 0 Å². The van der Waals surface area contributed by atoms with Gasteiger partial charge < -0.3 is 14.4 Å². The number of hydrogen-bond donors (Lipinski definition) is 0. The van der Waals surface area contributed by atoms with E-state index in [0.29, 0.717) is 19.0 Å². The molecular formula is C18H22N2O7. The van der Waals surface area contributed by atoms with Gasteiger partial charge in [-0.1, -0.05) is 6.92 Å². The Morgan fingerprint density at radius 2 is 1.70 bits per heavy atom. The van der Waals surface area contributed by atoms with Crippen LogP contribution in [0.25, 0.3) is 0 Å². The number of methoxy groups -OCH3 is 1. The number of nitrogens with zero attached hydrogens (tertiary/aromatic N) is 2. The lowest BCUT2D eigenvalue weighted by Gasteiger charge is -2.31. The lowest BCUT2D eigenvalue weighted by Crippen LogP contribution is -2.44. The lowest BCUT2D eigenvalue weighted by atomic mass is 9.99. The highest BCUT2D eigenvalue weighted by molar-refractivity contribution is 5.97. The van der Waals surface area contributed by atoms with Gasteiger partial charge in [0.1, 0.15) is 0 Å². The number of rotatable bonds is 5. The van der Waals surface area contributed by atoms with Crippen LogP contribution in [-0.2, 0) is 14.3 Å². The maximum Gasteiger partial charge on any atom is 0.339 e. The van der Waals surface area contributed by atoms with Crippen molar-refractivity contribution in [3.05, 3.63) is 39.4 Å². The minimum Gasteiger partial charge on any atom is -0.465 e. The summed E-state index contributed by atoms with van der Waals surface area (Å²) in [5.74, 6) is -1.50. The molecule has 9 nitrogen and oxygen atoms in total. The maximum absolute atomic E-state index is 12.4. The molecule has 1 amide bonds. The van der Waals surface area contributed by atoms with Crippen LogP contribution in [0, 0.1) is 16.0 Å². The van der Waals surface area contributed by atoms with Crippen molar-refractivity contribution in [1.29, 1.82) is 0 Å². The Morgan fingerprint density at radius 3 is 2.22 bits per heavy atom. The summed E-state index contributed by atoms with van der Waals surface area (Å²) in [7, 11) is 1.12. The van der Waals surface area contributed by atoms with E-state index in [9.17, 15) is 24.5 Å². The summed E-state index contributed by atoms with van der Waals surface area (Å²) < 4.78 is 9.72. The number of carbonyl (C=O) groups excluding carboxylic acids is 3. The number of nitro groups is 1. The van der Waals surface area contributed by atoms with Crippen molar-refractivity contribution in [2.75, 3.05) is 20.2 Å². The first-order valence-electron chi connectivity index (χ1n) is 8.60. The number of ether oxygens (including phenoxy) is 2. The second-order valence-corrected chi connectivity index (χ2v) is 6.57. The number of hydrogen-bond acceptors (Lipinski definition) is 7. The van der Waals surface area contributed by atoms with Gasteiger partial charge in [0.25, 0.3) is 11.6 Å². The highest BCUT2D eigenvalue weighted by Gasteiger charge is 2.28. The van der Waals surface area contributed by atoms with Gasteiger partial charge in [0.15, 0.2) is 6.10 Å². The van der Waals surface area contributed by atoms with Crippen molar-refractivity contribution in [1.82, 2.24) is 4.90 Å². The molecule has 0 N–H and O–H groups in total. The Kier molecular flexibility index (Phi) is 6.49. The predicted octanol–water partition coefficient (Wildman–Crippen LogP) is 2.19. The SMILES string of the molecule is COC(=O)c1cc(C(=O)O[C@@H](C)C(=O)N2CCC(C)CC2)cc([N+](=O)[O-])c1. The summed E-state index contributed by atoms with van der Waals surface area (Å²) >= 11 is 0. The van der Waals surface area contributed by atoms with E-state index in [1.165, 1.54) is 6.92 Å². The molecule has 2 rings (SSSR count). The molecule has 1 atom stereocenters. The molecule has 0 spiro atoms. The van der Waals surface area contributed by atoms with Crippen LogP contribution in [0.3, 0.4) is 0 Å². The Balaban J connectivity index is 2.14. The normalized spacial score (nSPS) is 15.7. The van der Waals surface area contributed by atoms with E-state index in [4.69, 9.17) is 4.74 Å². The van der Waals surface area contributed by atoms with E-state index in [1.807, 2.05) is 0 Å². The summed E-state index contributed by atoms with van der Waals surface area (Å²) in [5, 5.41) is 11.0. The number of benzene rings is 1. The van der Waals surface area contributed by atoms with Crippen LogP contribution in [0.15, 0.2) is 18.2 Å². The van der Waals surface area contributed by atoms with Gasteiger partial charge in [0.05, 0.1) is 23.2 Å². The fourth-order valence-corrected chi connectivity index (χ4v) is 2.84. The van der Waals surface area contributed by atoms with Crippen LogP contribution in [0.5, 0.6) is 0 Å². The largest absolute Gasteiger partial charge is 0.465 e. The van der Waals surface area contributed by atoms with Crippen molar-refractivity contribution in [2.45, 2.75) is 32.8 Å². The van der Waals surface area contributed by atoms with Crippen LogP contribution in [0.4, 0.5) is 5.69 Å². The lowest BCUT2D eigenvalue weighted by molar-refractivity contribution is -0.384. The van der Waals surface area contributed by atoms with Crippen LogP contribution < -0.4 is 0 Å². The third-order valence-corrected chi connectivity index (χ3v) is 4.51. The third kappa shape index (κ3) is 5.02. The minimum absolute atomic E-state index is 0.150. The fraction of sp³-hybridized carbons (Fsp3) is 0.500. The Labute approximate surface area is 156 Å². The van der Waals surface area contributed by atoms with Gasteiger partial charge in [-0.2, -0.15) is 0 Å². The number of nitro benzene ring substituents is 1. The summed E-state index contributed by atoms with van der Waals surface area (Å²) in [6, 6.07) is 3.14. The second kappa shape index (κ2) is 8.61. The molecular weight excluding hydrogens is 356 g/mol. The number of piperidine rings is 1. The van der Waals surface area contributed by atoms with Gasteiger partial charge >= 0.3 is 11.9 Å². The number of likely N-dealkylation sites (tertiary alicyclic amines) is 1. The molecule has 0 radical (unpaired) electrons. The number of non-ortho nitro benzene ring substituents is 1. The standard InChI is InChI=1S/C18H22N2O7/c1-11-4-6-19(7-5-11)16(21)12(2)27-18(23)14-8-13(17(22)26-3)9-15(10-14)20(24)25/h8-12H,4-7H2,1-3H3/t12-/m0/s1. The molecule has 0 unspecified atom stereocenters. The van der Waals surface area contributed by atoms with Gasteiger partial charge in [0, 0.05) is 25.2 Å². The molecule has 1 fully saturated rings. The number of carbonyl (C=O) groups is 3. The molecule has 1 saturated heterocycles. The molecule has 1 heterocycles. The smallest absolute Gasteiger partial charge is 0.339 e. The van der Waals surface area contributed by atoms with E-state index >= 15 is 0 Å². The van der Waals surface area contributed by atoms with Gasteiger partial charge in [-0.05, 0) is 31.7 Å². The predicted molar refractivity (Wildman–Crippen MR) is 94.3 cm³/mol. The summed E-state index contributed by atoms with van der Waals surface area (Å²) in [5.41, 5.74) is -0.798. The number of esters is 2. The molecule has 1 aromatic rings. The monoisotopic (exact) mass is 378 g/mol. The minimum atomic E-state index is -1.04. The highest BCUT2D eigenvalue weighted by Crippen LogP contribution is 2.20. The van der Waals surface area contributed by atoms with Crippen molar-refractivity contribution in [3.8, 4) is 0 Å². The maximum atomic E-state index is 12.4. The van der Waals surface area contributed by atoms with E-state index < -0.39 is 28.7 Å². The first kappa shape index (κ1) is 20.3. The van der Waals surface area contributed by atoms with E-state index in [1.54, 1.807) is 4.90 Å².